The van der Waals surface area contributed by atoms with Crippen LogP contribution in [0.25, 0.3) is 0 Å². The number of carbonyl (C=O) groups excluding carboxylic acids is 2. The van der Waals surface area contributed by atoms with Crippen LogP contribution in [0.5, 0.6) is 0 Å². The average Bonchev–Trinajstić information content (AvgIpc) is 2.95. The summed E-state index contributed by atoms with van der Waals surface area (Å²) in [4.78, 5) is 30.2. The van der Waals surface area contributed by atoms with Crippen LogP contribution in [0.1, 0.15) is 43.2 Å². The number of nitrogens with zero attached hydrogens (tertiary/aromatic N) is 1. The van der Waals surface area contributed by atoms with Crippen LogP contribution in [0.15, 0.2) is 24.3 Å². The van der Waals surface area contributed by atoms with Gasteiger partial charge < -0.3 is 19.4 Å². The van der Waals surface area contributed by atoms with Crippen LogP contribution in [0, 0.1) is 13.8 Å². The number of aromatic nitrogens is 1. The van der Waals surface area contributed by atoms with E-state index >= 15 is 0 Å². The molecule has 0 fully saturated rings. The number of nitrogens with one attached hydrogen (secondary N) is 1. The van der Waals surface area contributed by atoms with Gasteiger partial charge >= 0.3 is 5.97 Å². The lowest BCUT2D eigenvalue weighted by Gasteiger charge is -2.28. The largest absolute Gasteiger partial charge is 0.460 e. The zero-order valence-electron chi connectivity index (χ0n) is 15.4. The number of hydrogen-bond acceptors (Lipinski definition) is 4. The van der Waals surface area contributed by atoms with E-state index in [1.54, 1.807) is 21.0 Å². The average molecular weight is 356 g/mol. The third-order valence-corrected chi connectivity index (χ3v) is 4.79. The van der Waals surface area contributed by atoms with E-state index in [9.17, 15) is 9.59 Å². The van der Waals surface area contributed by atoms with Crippen molar-refractivity contribution in [3.05, 3.63) is 57.9 Å². The van der Waals surface area contributed by atoms with Crippen LogP contribution in [-0.2, 0) is 22.4 Å². The molecule has 1 aliphatic heterocycles. The number of benzene rings is 1. The summed E-state index contributed by atoms with van der Waals surface area (Å²) in [5, 5.41) is 0. The normalized spacial score (nSPS) is 13.4. The van der Waals surface area contributed by atoms with E-state index in [0.717, 1.165) is 6.42 Å². The van der Waals surface area contributed by atoms with Crippen LogP contribution < -0.4 is 0 Å². The van der Waals surface area contributed by atoms with Crippen molar-refractivity contribution in [3.63, 3.8) is 0 Å². The van der Waals surface area contributed by atoms with E-state index in [4.69, 9.17) is 9.47 Å². The topological polar surface area (TPSA) is 71.6 Å². The molecule has 1 aromatic heterocycles. The summed E-state index contributed by atoms with van der Waals surface area (Å²) in [6, 6.07) is 8.18. The summed E-state index contributed by atoms with van der Waals surface area (Å²) in [6.45, 7) is 5.34. The van der Waals surface area contributed by atoms with E-state index in [1.165, 1.54) is 11.1 Å². The smallest absolute Gasteiger partial charge is 0.340 e. The monoisotopic (exact) mass is 356 g/mol. The van der Waals surface area contributed by atoms with Gasteiger partial charge in [0.1, 0.15) is 12.3 Å². The molecule has 0 unspecified atom stereocenters. The molecule has 1 aliphatic rings. The minimum Gasteiger partial charge on any atom is -0.460 e. The summed E-state index contributed by atoms with van der Waals surface area (Å²) >= 11 is 0. The van der Waals surface area contributed by atoms with E-state index < -0.39 is 5.97 Å². The van der Waals surface area contributed by atoms with Gasteiger partial charge in [-0.25, -0.2) is 4.79 Å². The molecule has 1 N–H and O–H groups in total. The molecular weight excluding hydrogens is 332 g/mol. The SMILES string of the molecule is COCCOC(=O)c1c(C)[nH]c(C(=O)N2CCc3ccccc3C2)c1C. The number of aromatic amines is 1. The maximum Gasteiger partial charge on any atom is 0.340 e. The standard InChI is InChI=1S/C20H24N2O4/c1-13-17(20(24)26-11-10-25-3)14(2)21-18(13)19(23)22-9-8-15-6-4-5-7-16(15)12-22/h4-7,21H,8-12H2,1-3H3. The maximum absolute atomic E-state index is 13.0. The molecule has 0 aliphatic carbocycles. The molecule has 0 bridgehead atoms. The molecule has 0 atom stereocenters. The number of aryl methyl sites for hydroxylation is 1. The van der Waals surface area contributed by atoms with Gasteiger partial charge in [-0.3, -0.25) is 4.79 Å². The first-order valence-corrected chi connectivity index (χ1v) is 8.74. The number of hydrogen-bond donors (Lipinski definition) is 1. The van der Waals surface area contributed by atoms with Crippen molar-refractivity contribution in [3.8, 4) is 0 Å². The molecule has 0 saturated carbocycles. The third-order valence-electron chi connectivity index (χ3n) is 4.79. The molecular formula is C20H24N2O4. The first-order valence-electron chi connectivity index (χ1n) is 8.74. The highest BCUT2D eigenvalue weighted by atomic mass is 16.6. The van der Waals surface area contributed by atoms with Crippen LogP contribution in [0.2, 0.25) is 0 Å². The lowest BCUT2D eigenvalue weighted by molar-refractivity contribution is 0.0387. The van der Waals surface area contributed by atoms with Crippen LogP contribution in [-0.4, -0.2) is 48.6 Å². The first-order chi connectivity index (χ1) is 12.5. The molecule has 0 saturated heterocycles. The summed E-state index contributed by atoms with van der Waals surface area (Å²) in [6.07, 6.45) is 0.840. The Morgan fingerprint density at radius 3 is 2.62 bits per heavy atom. The number of amides is 1. The van der Waals surface area contributed by atoms with Crippen LogP contribution in [0.4, 0.5) is 0 Å². The van der Waals surface area contributed by atoms with Gasteiger partial charge in [0.2, 0.25) is 0 Å². The van der Waals surface area contributed by atoms with Gasteiger partial charge in [0.15, 0.2) is 0 Å². The molecule has 6 nitrogen and oxygen atoms in total. The Labute approximate surface area is 153 Å². The van der Waals surface area contributed by atoms with Gasteiger partial charge in [-0.15, -0.1) is 0 Å². The van der Waals surface area contributed by atoms with Gasteiger partial charge in [0.05, 0.1) is 12.2 Å². The van der Waals surface area contributed by atoms with Crippen molar-refractivity contribution in [2.75, 3.05) is 26.9 Å². The van der Waals surface area contributed by atoms with Crippen molar-refractivity contribution < 1.29 is 19.1 Å². The van der Waals surface area contributed by atoms with Crippen molar-refractivity contribution in [1.29, 1.82) is 0 Å². The van der Waals surface area contributed by atoms with Crippen molar-refractivity contribution in [1.82, 2.24) is 9.88 Å². The molecule has 6 heteroatoms. The fourth-order valence-corrected chi connectivity index (χ4v) is 3.39. The Bertz CT molecular complexity index is 825. The first kappa shape index (κ1) is 18.2. The number of carbonyl (C=O) groups is 2. The Morgan fingerprint density at radius 1 is 1.15 bits per heavy atom. The van der Waals surface area contributed by atoms with Gasteiger partial charge in [-0.1, -0.05) is 24.3 Å². The Balaban J connectivity index is 1.79. The summed E-state index contributed by atoms with van der Waals surface area (Å²) in [7, 11) is 1.55. The fourth-order valence-electron chi connectivity index (χ4n) is 3.39. The summed E-state index contributed by atoms with van der Waals surface area (Å²) in [5.74, 6) is -0.521. The predicted octanol–water partition coefficient (Wildman–Crippen LogP) is 2.63. The quantitative estimate of drug-likeness (QED) is 0.660. The zero-order valence-corrected chi connectivity index (χ0v) is 15.4. The number of H-pyrrole nitrogens is 1. The van der Waals surface area contributed by atoms with Gasteiger partial charge in [-0.2, -0.15) is 0 Å². The van der Waals surface area contributed by atoms with E-state index in [0.29, 0.717) is 42.2 Å². The highest BCUT2D eigenvalue weighted by Gasteiger charge is 2.27. The third kappa shape index (κ3) is 3.51. The van der Waals surface area contributed by atoms with Crippen molar-refractivity contribution in [2.24, 2.45) is 0 Å². The molecule has 2 heterocycles. The molecule has 3 rings (SSSR count). The second-order valence-electron chi connectivity index (χ2n) is 6.50. The van der Waals surface area contributed by atoms with E-state index in [-0.39, 0.29) is 12.5 Å². The minimum atomic E-state index is -0.434. The number of rotatable bonds is 5. The molecule has 138 valence electrons. The number of esters is 1. The molecule has 0 radical (unpaired) electrons. The fraction of sp³-hybridized carbons (Fsp3) is 0.400. The molecule has 1 amide bonds. The van der Waals surface area contributed by atoms with E-state index in [2.05, 4.69) is 17.1 Å². The Morgan fingerprint density at radius 2 is 1.88 bits per heavy atom. The maximum atomic E-state index is 13.0. The molecule has 26 heavy (non-hydrogen) atoms. The minimum absolute atomic E-state index is 0.0870. The highest BCUT2D eigenvalue weighted by molar-refractivity contribution is 6.00. The second-order valence-corrected chi connectivity index (χ2v) is 6.50. The second kappa shape index (κ2) is 7.74. The van der Waals surface area contributed by atoms with Crippen molar-refractivity contribution in [2.45, 2.75) is 26.8 Å². The number of methoxy groups -OCH3 is 1. The van der Waals surface area contributed by atoms with Gasteiger partial charge in [0.25, 0.3) is 5.91 Å². The predicted molar refractivity (Wildman–Crippen MR) is 97.3 cm³/mol. The zero-order chi connectivity index (χ0) is 18.7. The highest BCUT2D eigenvalue weighted by Crippen LogP contribution is 2.24. The lowest BCUT2D eigenvalue weighted by atomic mass is 9.99. The number of ether oxygens (including phenoxy) is 2. The van der Waals surface area contributed by atoms with Crippen molar-refractivity contribution >= 4 is 11.9 Å². The Kier molecular flexibility index (Phi) is 5.42. The molecule has 0 spiro atoms. The molecule has 1 aromatic carbocycles. The lowest BCUT2D eigenvalue weighted by Crippen LogP contribution is -2.36. The summed E-state index contributed by atoms with van der Waals surface area (Å²) in [5.41, 5.74) is 4.63. The van der Waals surface area contributed by atoms with Gasteiger partial charge in [0, 0.05) is 25.9 Å². The van der Waals surface area contributed by atoms with Crippen LogP contribution in [0.3, 0.4) is 0 Å². The Hall–Kier alpha value is -2.60. The molecule has 2 aromatic rings. The van der Waals surface area contributed by atoms with Crippen LogP contribution >= 0.6 is 0 Å². The van der Waals surface area contributed by atoms with E-state index in [1.807, 2.05) is 17.0 Å². The number of fused-ring (bicyclic) bond motifs is 1. The van der Waals surface area contributed by atoms with Gasteiger partial charge in [-0.05, 0) is 37.0 Å². The summed E-state index contributed by atoms with van der Waals surface area (Å²) < 4.78 is 10.1.